The van der Waals surface area contributed by atoms with Gasteiger partial charge in [0.15, 0.2) is 0 Å². The lowest BCUT2D eigenvalue weighted by Crippen LogP contribution is -2.71. The molecule has 0 amide bonds. The maximum atomic E-state index is 12.9. The standard InChI is InChI=1S/C25H36O4/c1-6-7-8-9-15-22(2,3)18-13-12-14-19-20(18)24(21(26)27)16-10-11-17-25(24,28)23(4,5)29-19/h10-14,28H,6-9,15-17H2,1-5H3,(H,26,27). The van der Waals surface area contributed by atoms with Crippen molar-refractivity contribution in [3.8, 4) is 5.75 Å². The Labute approximate surface area is 175 Å². The first kappa shape index (κ1) is 21.9. The van der Waals surface area contributed by atoms with Gasteiger partial charge in [-0.15, -0.1) is 0 Å². The van der Waals surface area contributed by atoms with Gasteiger partial charge in [0.25, 0.3) is 0 Å². The fourth-order valence-corrected chi connectivity index (χ4v) is 5.40. The first-order valence-corrected chi connectivity index (χ1v) is 11.0. The molecule has 0 fully saturated rings. The van der Waals surface area contributed by atoms with Gasteiger partial charge >= 0.3 is 5.97 Å². The van der Waals surface area contributed by atoms with Crippen LogP contribution in [0.15, 0.2) is 30.4 Å². The average molecular weight is 401 g/mol. The minimum atomic E-state index is -1.53. The second kappa shape index (κ2) is 7.46. The second-order valence-corrected chi connectivity index (χ2v) is 9.94. The highest BCUT2D eigenvalue weighted by atomic mass is 16.5. The Bertz CT molecular complexity index is 807. The third kappa shape index (κ3) is 3.20. The van der Waals surface area contributed by atoms with E-state index < -0.39 is 22.6 Å². The largest absolute Gasteiger partial charge is 0.484 e. The van der Waals surface area contributed by atoms with Crippen molar-refractivity contribution in [2.75, 3.05) is 0 Å². The summed E-state index contributed by atoms with van der Waals surface area (Å²) in [5.74, 6) is -0.382. The van der Waals surface area contributed by atoms with Gasteiger partial charge in [-0.3, -0.25) is 4.79 Å². The minimum absolute atomic E-state index is 0.214. The highest BCUT2D eigenvalue weighted by Crippen LogP contribution is 2.59. The average Bonchev–Trinajstić information content (AvgIpc) is 2.64. The number of ether oxygens (including phenoxy) is 1. The van der Waals surface area contributed by atoms with E-state index in [-0.39, 0.29) is 18.3 Å². The summed E-state index contributed by atoms with van der Waals surface area (Å²) in [5.41, 5.74) is -2.53. The van der Waals surface area contributed by atoms with Crippen LogP contribution >= 0.6 is 0 Å². The summed E-state index contributed by atoms with van der Waals surface area (Å²) < 4.78 is 6.30. The molecule has 29 heavy (non-hydrogen) atoms. The third-order valence-electron chi connectivity index (χ3n) is 7.27. The molecule has 0 aromatic heterocycles. The van der Waals surface area contributed by atoms with Gasteiger partial charge in [-0.25, -0.2) is 0 Å². The van der Waals surface area contributed by atoms with E-state index in [4.69, 9.17) is 4.74 Å². The summed E-state index contributed by atoms with van der Waals surface area (Å²) in [4.78, 5) is 12.9. The van der Waals surface area contributed by atoms with Gasteiger partial charge < -0.3 is 14.9 Å². The smallest absolute Gasteiger partial charge is 0.317 e. The molecule has 1 aromatic carbocycles. The maximum Gasteiger partial charge on any atom is 0.317 e. The van der Waals surface area contributed by atoms with E-state index in [0.29, 0.717) is 11.3 Å². The van der Waals surface area contributed by atoms with Gasteiger partial charge in [0.2, 0.25) is 0 Å². The van der Waals surface area contributed by atoms with Gasteiger partial charge in [0, 0.05) is 5.56 Å². The molecule has 160 valence electrons. The number of carboxylic acids is 1. The van der Waals surface area contributed by atoms with Crippen LogP contribution in [0.3, 0.4) is 0 Å². The topological polar surface area (TPSA) is 66.8 Å². The lowest BCUT2D eigenvalue weighted by Gasteiger charge is -2.58. The zero-order chi connectivity index (χ0) is 21.5. The van der Waals surface area contributed by atoms with E-state index in [1.807, 2.05) is 30.4 Å². The number of aliphatic carboxylic acids is 1. The molecular formula is C25H36O4. The van der Waals surface area contributed by atoms with Gasteiger partial charge in [-0.2, -0.15) is 0 Å². The fraction of sp³-hybridized carbons (Fsp3) is 0.640. The van der Waals surface area contributed by atoms with Crippen molar-refractivity contribution in [2.24, 2.45) is 0 Å². The van der Waals surface area contributed by atoms with Gasteiger partial charge in [-0.05, 0) is 50.2 Å². The zero-order valence-corrected chi connectivity index (χ0v) is 18.5. The Balaban J connectivity index is 2.20. The highest BCUT2D eigenvalue weighted by Gasteiger charge is 2.69. The Morgan fingerprint density at radius 3 is 2.48 bits per heavy atom. The molecule has 3 rings (SSSR count). The van der Waals surface area contributed by atoms with Crippen LogP contribution in [0.1, 0.15) is 90.7 Å². The summed E-state index contributed by atoms with van der Waals surface area (Å²) in [6.07, 6.45) is 9.95. The molecule has 1 aromatic rings. The van der Waals surface area contributed by atoms with Gasteiger partial charge in [0.1, 0.15) is 22.4 Å². The number of hydrogen-bond donors (Lipinski definition) is 2. The molecule has 0 saturated carbocycles. The number of unbranched alkanes of at least 4 members (excludes halogenated alkanes) is 3. The molecule has 0 radical (unpaired) electrons. The molecule has 1 aliphatic carbocycles. The van der Waals surface area contributed by atoms with Crippen molar-refractivity contribution in [3.63, 3.8) is 0 Å². The van der Waals surface area contributed by atoms with Crippen molar-refractivity contribution < 1.29 is 19.7 Å². The van der Waals surface area contributed by atoms with Gasteiger partial charge in [-0.1, -0.05) is 70.7 Å². The summed E-state index contributed by atoms with van der Waals surface area (Å²) >= 11 is 0. The normalized spacial score (nSPS) is 27.7. The van der Waals surface area contributed by atoms with Crippen LogP contribution in [0, 0.1) is 0 Å². The molecule has 0 spiro atoms. The number of allylic oxidation sites excluding steroid dienone is 1. The summed E-state index contributed by atoms with van der Waals surface area (Å²) in [6.45, 7) is 10.2. The Kier molecular flexibility index (Phi) is 5.63. The van der Waals surface area contributed by atoms with E-state index in [2.05, 4.69) is 20.8 Å². The first-order valence-electron chi connectivity index (χ1n) is 11.0. The molecule has 2 unspecified atom stereocenters. The van der Waals surface area contributed by atoms with E-state index in [1.54, 1.807) is 13.8 Å². The number of aliphatic hydroxyl groups is 1. The molecule has 2 aliphatic rings. The second-order valence-electron chi connectivity index (χ2n) is 9.94. The summed E-state index contributed by atoms with van der Waals surface area (Å²) in [6, 6.07) is 5.84. The fourth-order valence-electron chi connectivity index (χ4n) is 5.40. The molecule has 1 aliphatic heterocycles. The Hall–Kier alpha value is -1.81. The van der Waals surface area contributed by atoms with Crippen LogP contribution in [-0.2, 0) is 15.6 Å². The Morgan fingerprint density at radius 1 is 1.14 bits per heavy atom. The number of fused-ring (bicyclic) bond motifs is 3. The molecule has 2 atom stereocenters. The highest BCUT2D eigenvalue weighted by molar-refractivity contribution is 5.87. The van der Waals surface area contributed by atoms with Crippen LogP contribution in [0.4, 0.5) is 0 Å². The number of hydrogen-bond acceptors (Lipinski definition) is 3. The van der Waals surface area contributed by atoms with E-state index >= 15 is 0 Å². The lowest BCUT2D eigenvalue weighted by atomic mass is 9.53. The third-order valence-corrected chi connectivity index (χ3v) is 7.27. The number of benzene rings is 1. The van der Waals surface area contributed by atoms with Crippen molar-refractivity contribution in [2.45, 2.75) is 102 Å². The van der Waals surface area contributed by atoms with E-state index in [0.717, 1.165) is 18.4 Å². The SMILES string of the molecule is CCCCCCC(C)(C)c1cccc2c1C1(C(=O)O)CC=CCC1(O)C(C)(C)O2. The van der Waals surface area contributed by atoms with Crippen LogP contribution in [0.5, 0.6) is 5.75 Å². The van der Waals surface area contributed by atoms with E-state index in [9.17, 15) is 15.0 Å². The number of carboxylic acid groups (broad SMARTS) is 1. The number of carbonyl (C=O) groups is 1. The predicted octanol–water partition coefficient (Wildman–Crippen LogP) is 5.51. The van der Waals surface area contributed by atoms with Crippen molar-refractivity contribution >= 4 is 5.97 Å². The molecule has 2 N–H and O–H groups in total. The molecule has 0 bridgehead atoms. The predicted molar refractivity (Wildman–Crippen MR) is 116 cm³/mol. The van der Waals surface area contributed by atoms with E-state index in [1.165, 1.54) is 19.3 Å². The zero-order valence-electron chi connectivity index (χ0n) is 18.5. The number of rotatable bonds is 7. The molecule has 4 nitrogen and oxygen atoms in total. The summed E-state index contributed by atoms with van der Waals surface area (Å²) in [5, 5.41) is 22.4. The molecular weight excluding hydrogens is 364 g/mol. The summed E-state index contributed by atoms with van der Waals surface area (Å²) in [7, 11) is 0. The van der Waals surface area contributed by atoms with Crippen LogP contribution in [0.2, 0.25) is 0 Å². The Morgan fingerprint density at radius 2 is 1.83 bits per heavy atom. The quantitative estimate of drug-likeness (QED) is 0.468. The van der Waals surface area contributed by atoms with Crippen molar-refractivity contribution in [3.05, 3.63) is 41.5 Å². The minimum Gasteiger partial charge on any atom is -0.484 e. The van der Waals surface area contributed by atoms with Crippen LogP contribution in [0.25, 0.3) is 0 Å². The monoisotopic (exact) mass is 400 g/mol. The molecule has 0 saturated heterocycles. The maximum absolute atomic E-state index is 12.9. The lowest BCUT2D eigenvalue weighted by molar-refractivity contribution is -0.197. The van der Waals surface area contributed by atoms with Crippen molar-refractivity contribution in [1.29, 1.82) is 0 Å². The first-order chi connectivity index (χ1) is 13.5. The van der Waals surface area contributed by atoms with Crippen LogP contribution in [-0.4, -0.2) is 27.4 Å². The molecule has 1 heterocycles. The molecule has 4 heteroatoms. The van der Waals surface area contributed by atoms with Crippen LogP contribution < -0.4 is 4.74 Å². The van der Waals surface area contributed by atoms with Gasteiger partial charge in [0.05, 0.1) is 0 Å². The van der Waals surface area contributed by atoms with Crippen molar-refractivity contribution in [1.82, 2.24) is 0 Å².